The van der Waals surface area contributed by atoms with Crippen LogP contribution in [0.4, 0.5) is 0 Å². The molecule has 2 aromatic rings. The lowest BCUT2D eigenvalue weighted by atomic mass is 9.79. The van der Waals surface area contributed by atoms with Gasteiger partial charge in [0.15, 0.2) is 0 Å². The minimum absolute atomic E-state index is 0.561. The minimum Gasteiger partial charge on any atom is -0.302 e. The molecule has 1 saturated carbocycles. The average Bonchev–Trinajstić information content (AvgIpc) is 3.37. The Hall–Kier alpha value is -1.45. The highest BCUT2D eigenvalue weighted by atomic mass is 15.2. The number of piperidine rings is 1. The first-order valence-electron chi connectivity index (χ1n) is 10.1. The summed E-state index contributed by atoms with van der Waals surface area (Å²) in [6.07, 6.45) is 9.09. The van der Waals surface area contributed by atoms with Crippen LogP contribution in [0.2, 0.25) is 0 Å². The normalized spacial score (nSPS) is 28.2. The Morgan fingerprint density at radius 2 is 1.88 bits per heavy atom. The van der Waals surface area contributed by atoms with Crippen molar-refractivity contribution in [1.82, 2.24) is 14.8 Å². The van der Waals surface area contributed by atoms with E-state index in [2.05, 4.69) is 39.0 Å². The Morgan fingerprint density at radius 3 is 2.80 bits per heavy atom. The zero-order valence-corrected chi connectivity index (χ0v) is 15.2. The first-order chi connectivity index (χ1) is 12.3. The monoisotopic (exact) mass is 335 g/mol. The fraction of sp³-hybridized carbons (Fsp3) is 0.591. The van der Waals surface area contributed by atoms with Crippen molar-refractivity contribution in [3.05, 3.63) is 42.1 Å². The molecule has 3 nitrogen and oxygen atoms in total. The van der Waals surface area contributed by atoms with Crippen molar-refractivity contribution >= 4 is 10.9 Å². The Labute approximate surface area is 151 Å². The smallest absolute Gasteiger partial charge is 0.0746 e. The van der Waals surface area contributed by atoms with Gasteiger partial charge in [0, 0.05) is 37.8 Å². The average molecular weight is 335 g/mol. The molecule has 0 unspecified atom stereocenters. The molecule has 3 aliphatic rings. The zero-order valence-electron chi connectivity index (χ0n) is 15.2. The van der Waals surface area contributed by atoms with Gasteiger partial charge in [0.25, 0.3) is 0 Å². The minimum atomic E-state index is 0.561. The molecule has 1 aliphatic carbocycles. The van der Waals surface area contributed by atoms with Gasteiger partial charge in [0.2, 0.25) is 0 Å². The summed E-state index contributed by atoms with van der Waals surface area (Å²) in [6.45, 7) is 7.63. The molecule has 132 valence electrons. The first-order valence-corrected chi connectivity index (χ1v) is 10.1. The van der Waals surface area contributed by atoms with Crippen LogP contribution < -0.4 is 0 Å². The third-order valence-electron chi connectivity index (χ3n) is 6.58. The fourth-order valence-electron chi connectivity index (χ4n) is 5.16. The highest BCUT2D eigenvalue weighted by Crippen LogP contribution is 2.41. The molecule has 1 atom stereocenters. The molecule has 1 aromatic heterocycles. The quantitative estimate of drug-likeness (QED) is 0.844. The van der Waals surface area contributed by atoms with Gasteiger partial charge in [-0.3, -0.25) is 9.88 Å². The van der Waals surface area contributed by atoms with Crippen molar-refractivity contribution in [3.8, 4) is 0 Å². The van der Waals surface area contributed by atoms with Gasteiger partial charge in [-0.1, -0.05) is 24.3 Å². The van der Waals surface area contributed by atoms with Gasteiger partial charge < -0.3 is 4.90 Å². The maximum atomic E-state index is 4.64. The van der Waals surface area contributed by atoms with Crippen molar-refractivity contribution in [2.24, 2.45) is 11.3 Å². The maximum absolute atomic E-state index is 4.64. The van der Waals surface area contributed by atoms with E-state index in [1.165, 1.54) is 81.3 Å². The van der Waals surface area contributed by atoms with Gasteiger partial charge in [-0.25, -0.2) is 0 Å². The van der Waals surface area contributed by atoms with E-state index in [0.29, 0.717) is 5.41 Å². The lowest BCUT2D eigenvalue weighted by Gasteiger charge is -2.40. The number of aromatic nitrogens is 1. The zero-order chi connectivity index (χ0) is 16.7. The number of hydrogen-bond donors (Lipinski definition) is 0. The standard InChI is InChI=1S/C22H29N3/c1-4-19-6-2-11-23-21(19)20(5-1)15-25-13-10-22(17-25)9-3-12-24(16-22)14-18-7-8-18/h1-2,4-6,11,18H,3,7-10,12-17H2/t22-/m1/s1. The SMILES string of the molecule is c1cnc2c(CN3CC[C@@]4(CCCN(CC5CC5)C4)C3)cccc2c1. The van der Waals surface area contributed by atoms with Crippen LogP contribution in [0.5, 0.6) is 0 Å². The summed E-state index contributed by atoms with van der Waals surface area (Å²) >= 11 is 0. The van der Waals surface area contributed by atoms with E-state index in [0.717, 1.165) is 12.5 Å². The third kappa shape index (κ3) is 3.32. The molecule has 0 amide bonds. The van der Waals surface area contributed by atoms with Crippen LogP contribution in [0.3, 0.4) is 0 Å². The van der Waals surface area contributed by atoms with Crippen LogP contribution in [-0.4, -0.2) is 47.5 Å². The summed E-state index contributed by atoms with van der Waals surface area (Å²) in [5, 5.41) is 1.27. The summed E-state index contributed by atoms with van der Waals surface area (Å²) in [6, 6.07) is 10.8. The molecule has 0 bridgehead atoms. The molecule has 2 saturated heterocycles. The largest absolute Gasteiger partial charge is 0.302 e. The van der Waals surface area contributed by atoms with Gasteiger partial charge in [-0.05, 0) is 68.2 Å². The van der Waals surface area contributed by atoms with Crippen molar-refractivity contribution in [2.75, 3.05) is 32.7 Å². The molecule has 3 fully saturated rings. The summed E-state index contributed by atoms with van der Waals surface area (Å²) in [5.74, 6) is 1.02. The predicted octanol–water partition coefficient (Wildman–Crippen LogP) is 3.93. The van der Waals surface area contributed by atoms with E-state index in [1.54, 1.807) is 0 Å². The lowest BCUT2D eigenvalue weighted by Crippen LogP contribution is -2.45. The molecule has 0 N–H and O–H groups in total. The van der Waals surface area contributed by atoms with Gasteiger partial charge in [-0.2, -0.15) is 0 Å². The van der Waals surface area contributed by atoms with E-state index in [4.69, 9.17) is 0 Å². The maximum Gasteiger partial charge on any atom is 0.0746 e. The molecule has 0 radical (unpaired) electrons. The van der Waals surface area contributed by atoms with E-state index in [9.17, 15) is 0 Å². The van der Waals surface area contributed by atoms with E-state index in [-0.39, 0.29) is 0 Å². The van der Waals surface area contributed by atoms with Gasteiger partial charge in [0.05, 0.1) is 5.52 Å². The number of hydrogen-bond acceptors (Lipinski definition) is 3. The second-order valence-corrected chi connectivity index (χ2v) is 8.73. The van der Waals surface area contributed by atoms with E-state index < -0.39 is 0 Å². The van der Waals surface area contributed by atoms with Gasteiger partial charge in [0.1, 0.15) is 0 Å². The molecule has 25 heavy (non-hydrogen) atoms. The third-order valence-corrected chi connectivity index (χ3v) is 6.58. The molecular formula is C22H29N3. The van der Waals surface area contributed by atoms with Crippen molar-refractivity contribution in [3.63, 3.8) is 0 Å². The molecule has 3 heteroatoms. The van der Waals surface area contributed by atoms with Crippen molar-refractivity contribution < 1.29 is 0 Å². The number of likely N-dealkylation sites (tertiary alicyclic amines) is 2. The summed E-state index contributed by atoms with van der Waals surface area (Å²) < 4.78 is 0. The van der Waals surface area contributed by atoms with Crippen LogP contribution in [0.25, 0.3) is 10.9 Å². The molecule has 3 heterocycles. The number of para-hydroxylation sites is 1. The first kappa shape index (κ1) is 15.8. The van der Waals surface area contributed by atoms with Crippen molar-refractivity contribution in [1.29, 1.82) is 0 Å². The van der Waals surface area contributed by atoms with Crippen LogP contribution >= 0.6 is 0 Å². The van der Waals surface area contributed by atoms with E-state index >= 15 is 0 Å². The lowest BCUT2D eigenvalue weighted by molar-refractivity contribution is 0.0885. The Morgan fingerprint density at radius 1 is 1.00 bits per heavy atom. The van der Waals surface area contributed by atoms with Crippen LogP contribution in [-0.2, 0) is 6.54 Å². The molecule has 1 spiro atoms. The molecular weight excluding hydrogens is 306 g/mol. The molecule has 5 rings (SSSR count). The van der Waals surface area contributed by atoms with Crippen LogP contribution in [0.1, 0.15) is 37.7 Å². The Bertz CT molecular complexity index is 749. The topological polar surface area (TPSA) is 19.4 Å². The van der Waals surface area contributed by atoms with E-state index in [1.807, 2.05) is 12.3 Å². The highest BCUT2D eigenvalue weighted by molar-refractivity contribution is 5.81. The summed E-state index contributed by atoms with van der Waals surface area (Å²) in [4.78, 5) is 10.1. The fourth-order valence-corrected chi connectivity index (χ4v) is 5.16. The number of rotatable bonds is 4. The second-order valence-electron chi connectivity index (χ2n) is 8.73. The van der Waals surface area contributed by atoms with Crippen molar-refractivity contribution in [2.45, 2.75) is 38.6 Å². The Kier molecular flexibility index (Phi) is 4.02. The predicted molar refractivity (Wildman–Crippen MR) is 102 cm³/mol. The second kappa shape index (κ2) is 6.37. The number of pyridine rings is 1. The summed E-state index contributed by atoms with van der Waals surface area (Å²) in [7, 11) is 0. The Balaban J connectivity index is 1.28. The number of benzene rings is 1. The number of fused-ring (bicyclic) bond motifs is 1. The summed E-state index contributed by atoms with van der Waals surface area (Å²) in [5.41, 5.74) is 3.14. The van der Waals surface area contributed by atoms with Gasteiger partial charge in [-0.15, -0.1) is 0 Å². The molecule has 1 aromatic carbocycles. The highest BCUT2D eigenvalue weighted by Gasteiger charge is 2.42. The van der Waals surface area contributed by atoms with Gasteiger partial charge >= 0.3 is 0 Å². The van der Waals surface area contributed by atoms with Crippen LogP contribution in [0.15, 0.2) is 36.5 Å². The molecule has 2 aliphatic heterocycles. The number of nitrogens with zero attached hydrogens (tertiary/aromatic N) is 3. The van der Waals surface area contributed by atoms with Crippen LogP contribution in [0, 0.1) is 11.3 Å².